The summed E-state index contributed by atoms with van der Waals surface area (Å²) >= 11 is 0. The average molecular weight is 503 g/mol. The van der Waals surface area contributed by atoms with Crippen molar-refractivity contribution in [1.82, 2.24) is 15.6 Å². The largest absolute Gasteiger partial charge is 0.494 e. The first-order valence-electron chi connectivity index (χ1n) is 13.1. The normalized spacial score (nSPS) is 21.6. The summed E-state index contributed by atoms with van der Waals surface area (Å²) in [5.74, 6) is 0.726. The van der Waals surface area contributed by atoms with Crippen LogP contribution in [0.4, 0.5) is 5.69 Å². The third-order valence-corrected chi connectivity index (χ3v) is 8.94. The third kappa shape index (κ3) is 4.49. The molecule has 0 bridgehead atoms. The van der Waals surface area contributed by atoms with Crippen LogP contribution in [-0.2, 0) is 10.3 Å². The Morgan fingerprint density at radius 1 is 1.25 bits per heavy atom. The van der Waals surface area contributed by atoms with Crippen molar-refractivity contribution in [2.75, 3.05) is 37.7 Å². The van der Waals surface area contributed by atoms with E-state index >= 15 is 0 Å². The van der Waals surface area contributed by atoms with E-state index < -0.39 is 0 Å². The van der Waals surface area contributed by atoms with Crippen LogP contribution in [0, 0.1) is 6.92 Å². The molecule has 8 heteroatoms. The second-order valence-electron chi connectivity index (χ2n) is 10.3. The molecule has 3 aliphatic rings. The van der Waals surface area contributed by atoms with Crippen LogP contribution in [0.3, 0.4) is 0 Å². The maximum Gasteiger partial charge on any atom is 0.252 e. The van der Waals surface area contributed by atoms with Crippen molar-refractivity contribution >= 4 is 32.7 Å². The van der Waals surface area contributed by atoms with Gasteiger partial charge in [0.2, 0.25) is 0 Å². The molecule has 1 saturated carbocycles. The van der Waals surface area contributed by atoms with Gasteiger partial charge in [-0.2, -0.15) is 0 Å². The van der Waals surface area contributed by atoms with Gasteiger partial charge in [0.25, 0.3) is 5.91 Å². The minimum atomic E-state index is -0.375. The zero-order valence-electron chi connectivity index (χ0n) is 21.0. The molecule has 36 heavy (non-hydrogen) atoms. The molecular formula is C28H34N4O3Si. The number of ether oxygens (including phenoxy) is 2. The predicted molar refractivity (Wildman–Crippen MR) is 145 cm³/mol. The predicted octanol–water partition coefficient (Wildman–Crippen LogP) is 2.23. The van der Waals surface area contributed by atoms with Crippen molar-refractivity contribution in [1.29, 1.82) is 0 Å². The lowest BCUT2D eigenvalue weighted by atomic mass is 9.97. The molecule has 6 rings (SSSR count). The molecule has 2 N–H and O–H groups in total. The first-order valence-corrected chi connectivity index (χ1v) is 14.2. The Labute approximate surface area is 215 Å². The Morgan fingerprint density at radius 3 is 2.78 bits per heavy atom. The number of nitrogens with zero attached hydrogens (tertiary/aromatic N) is 2. The van der Waals surface area contributed by atoms with Crippen LogP contribution in [0.1, 0.15) is 40.7 Å². The van der Waals surface area contributed by atoms with Crippen molar-refractivity contribution in [2.24, 2.45) is 0 Å². The highest BCUT2D eigenvalue weighted by Crippen LogP contribution is 2.49. The zero-order valence-corrected chi connectivity index (χ0v) is 23.0. The van der Waals surface area contributed by atoms with Crippen LogP contribution in [0.15, 0.2) is 48.7 Å². The van der Waals surface area contributed by atoms with E-state index in [9.17, 15) is 4.79 Å². The maximum atomic E-state index is 13.6. The van der Waals surface area contributed by atoms with Gasteiger partial charge in [0.1, 0.15) is 5.75 Å². The van der Waals surface area contributed by atoms with Crippen LogP contribution in [0.25, 0.3) is 10.9 Å². The Hall–Kier alpha value is -2.94. The van der Waals surface area contributed by atoms with Crippen LogP contribution >= 0.6 is 0 Å². The summed E-state index contributed by atoms with van der Waals surface area (Å²) in [5, 5.41) is 7.95. The Kier molecular flexibility index (Phi) is 6.19. The van der Waals surface area contributed by atoms with Gasteiger partial charge in [0, 0.05) is 42.0 Å². The average Bonchev–Trinajstić information content (AvgIpc) is 3.64. The van der Waals surface area contributed by atoms with Crippen LogP contribution in [0.2, 0.25) is 0 Å². The first-order chi connectivity index (χ1) is 17.5. The van der Waals surface area contributed by atoms with E-state index in [1.807, 2.05) is 37.4 Å². The number of carbonyl (C=O) groups excluding carboxylic acids is 1. The number of morpholine rings is 1. The number of fused-ring (bicyclic) bond motifs is 1. The monoisotopic (exact) mass is 502 g/mol. The summed E-state index contributed by atoms with van der Waals surface area (Å²) in [7, 11) is 0.938. The molecule has 1 amide bonds. The fourth-order valence-corrected chi connectivity index (χ4v) is 6.21. The summed E-state index contributed by atoms with van der Waals surface area (Å²) in [5.41, 5.74) is 4.73. The molecule has 7 nitrogen and oxygen atoms in total. The highest BCUT2D eigenvalue weighted by molar-refractivity contribution is 6.11. The van der Waals surface area contributed by atoms with Gasteiger partial charge >= 0.3 is 0 Å². The molecule has 0 radical (unpaired) electrons. The van der Waals surface area contributed by atoms with Crippen molar-refractivity contribution in [2.45, 2.75) is 43.5 Å². The number of nitrogens with one attached hydrogen (secondary N) is 2. The summed E-state index contributed by atoms with van der Waals surface area (Å²) < 4.78 is 11.8. The molecule has 3 fully saturated rings. The molecule has 188 valence electrons. The molecule has 2 atom stereocenters. The van der Waals surface area contributed by atoms with Crippen LogP contribution in [-0.4, -0.2) is 65.8 Å². The number of carbonyl (C=O) groups is 1. The maximum absolute atomic E-state index is 13.6. The number of hydrogen-bond donors (Lipinski definition) is 2. The number of hydrogen-bond acceptors (Lipinski definition) is 6. The van der Waals surface area contributed by atoms with E-state index in [-0.39, 0.29) is 17.2 Å². The minimum Gasteiger partial charge on any atom is -0.494 e. The Morgan fingerprint density at radius 2 is 2.06 bits per heavy atom. The van der Waals surface area contributed by atoms with E-state index in [1.165, 1.54) is 0 Å². The minimum absolute atomic E-state index is 0.0454. The van der Waals surface area contributed by atoms with Crippen molar-refractivity contribution in [3.05, 3.63) is 65.4 Å². The first kappa shape index (κ1) is 23.5. The van der Waals surface area contributed by atoms with Gasteiger partial charge in [-0.3, -0.25) is 9.78 Å². The number of aromatic nitrogens is 1. The third-order valence-electron chi connectivity index (χ3n) is 7.90. The van der Waals surface area contributed by atoms with Gasteiger partial charge in [-0.25, -0.2) is 0 Å². The number of benzene rings is 2. The quantitative estimate of drug-likeness (QED) is 0.483. The summed E-state index contributed by atoms with van der Waals surface area (Å²) in [6.45, 7) is 6.23. The van der Waals surface area contributed by atoms with E-state index in [2.05, 4.69) is 38.7 Å². The zero-order chi connectivity index (χ0) is 24.7. The summed E-state index contributed by atoms with van der Waals surface area (Å²) in [6, 6.07) is 14.8. The van der Waals surface area contributed by atoms with E-state index in [0.717, 1.165) is 95.8 Å². The van der Waals surface area contributed by atoms with Crippen molar-refractivity contribution in [3.8, 4) is 5.75 Å². The number of anilines is 1. The van der Waals surface area contributed by atoms with Gasteiger partial charge < -0.3 is 25.0 Å². The SMILES string of the molecule is Cc1ccc(O[C@@H]([SiH3])[C@@H]2CCN2)cc1C(=O)NC1(c2cc(N3CCOCC3)cc3ncccc23)CC1. The lowest BCUT2D eigenvalue weighted by Gasteiger charge is -2.33. The van der Waals surface area contributed by atoms with E-state index in [1.54, 1.807) is 0 Å². The van der Waals surface area contributed by atoms with Crippen molar-refractivity contribution < 1.29 is 14.3 Å². The second-order valence-corrected chi connectivity index (χ2v) is 11.5. The van der Waals surface area contributed by atoms with Gasteiger partial charge in [-0.1, -0.05) is 12.1 Å². The lowest BCUT2D eigenvalue weighted by Crippen LogP contribution is -2.53. The molecule has 3 heterocycles. The summed E-state index contributed by atoms with van der Waals surface area (Å²) in [6.07, 6.45) is 4.83. The molecule has 2 aromatic carbocycles. The van der Waals surface area contributed by atoms with E-state index in [0.29, 0.717) is 11.6 Å². The second kappa shape index (κ2) is 9.50. The molecule has 0 spiro atoms. The van der Waals surface area contributed by atoms with E-state index in [4.69, 9.17) is 9.47 Å². The van der Waals surface area contributed by atoms with Gasteiger partial charge in [0.05, 0.1) is 40.2 Å². The summed E-state index contributed by atoms with van der Waals surface area (Å²) in [4.78, 5) is 20.7. The Bertz CT molecular complexity index is 1290. The molecule has 1 aliphatic carbocycles. The molecule has 3 aromatic rings. The Balaban J connectivity index is 1.29. The molecular weight excluding hydrogens is 468 g/mol. The molecule has 2 saturated heterocycles. The standard InChI is InChI=1S/C28H34N4O3Si/c1-18-4-5-20(35-27(36)24-6-10-30-24)17-22(18)26(33)31-28(7-8-28)23-15-19(32-11-13-34-14-12-32)16-25-21(23)3-2-9-29-25/h2-5,9,15-17,24,27,30H,6-8,10-14H2,1,36H3,(H,31,33)/t24-,27-/m0/s1. The molecule has 0 unspecified atom stereocenters. The van der Waals surface area contributed by atoms with Crippen LogP contribution in [0.5, 0.6) is 5.75 Å². The lowest BCUT2D eigenvalue weighted by molar-refractivity contribution is 0.0929. The van der Waals surface area contributed by atoms with Gasteiger partial charge in [-0.05, 0) is 74.2 Å². The number of pyridine rings is 1. The highest BCUT2D eigenvalue weighted by atomic mass is 28.1. The highest BCUT2D eigenvalue weighted by Gasteiger charge is 2.47. The number of rotatable bonds is 7. The van der Waals surface area contributed by atoms with Crippen molar-refractivity contribution in [3.63, 3.8) is 0 Å². The van der Waals surface area contributed by atoms with Gasteiger partial charge in [-0.15, -0.1) is 0 Å². The topological polar surface area (TPSA) is 75.7 Å². The fraction of sp³-hybridized carbons (Fsp3) is 0.429. The number of aryl methyl sites for hydroxylation is 1. The molecule has 1 aromatic heterocycles. The van der Waals surface area contributed by atoms with Crippen LogP contribution < -0.4 is 20.3 Å². The van der Waals surface area contributed by atoms with Gasteiger partial charge in [0.15, 0.2) is 0 Å². The fourth-order valence-electron chi connectivity index (χ4n) is 5.37. The smallest absolute Gasteiger partial charge is 0.252 e. The molecule has 2 aliphatic heterocycles. The number of amides is 1.